The van der Waals surface area contributed by atoms with Crippen LogP contribution in [0.2, 0.25) is 0 Å². The molecular weight excluding hydrogens is 550 g/mol. The first-order valence-corrected chi connectivity index (χ1v) is 15.5. The Balaban J connectivity index is 1.56. The molecule has 0 saturated heterocycles. The summed E-state index contributed by atoms with van der Waals surface area (Å²) in [6, 6.07) is 18.7. The highest BCUT2D eigenvalue weighted by Crippen LogP contribution is 2.60. The number of hydrogen-bond acceptors (Lipinski definition) is 4. The van der Waals surface area contributed by atoms with Crippen molar-refractivity contribution in [2.24, 2.45) is 17.8 Å². The minimum absolute atomic E-state index is 0.128. The van der Waals surface area contributed by atoms with Crippen molar-refractivity contribution in [1.29, 1.82) is 0 Å². The number of likely N-dealkylation sites (N-methyl/N-ethyl adjacent to an activating group) is 1. The Bertz CT molecular complexity index is 1300. The monoisotopic (exact) mass is 589 g/mol. The maximum Gasteiger partial charge on any atom is 0.237 e. The number of carbonyl (C=O) groups excluding carboxylic acids is 1. The molecule has 0 spiro atoms. The number of halogens is 1. The molecule has 0 radical (unpaired) electrons. The summed E-state index contributed by atoms with van der Waals surface area (Å²) in [5, 5.41) is 1.04. The van der Waals surface area contributed by atoms with Crippen LogP contribution in [0.5, 0.6) is 5.88 Å². The number of rotatable bonds is 9. The third-order valence-electron chi connectivity index (χ3n) is 9.67. The maximum atomic E-state index is 14.7. The van der Waals surface area contributed by atoms with Crippen LogP contribution in [-0.2, 0) is 4.79 Å². The Morgan fingerprint density at radius 3 is 2.23 bits per heavy atom. The molecule has 4 saturated carbocycles. The van der Waals surface area contributed by atoms with Gasteiger partial charge in [-0.25, -0.2) is 4.98 Å². The van der Waals surface area contributed by atoms with Gasteiger partial charge in [0.2, 0.25) is 11.8 Å². The summed E-state index contributed by atoms with van der Waals surface area (Å²) in [6.45, 7) is 6.46. The van der Waals surface area contributed by atoms with E-state index in [9.17, 15) is 4.79 Å². The average Bonchev–Trinajstić information content (AvgIpc) is 2.93. The van der Waals surface area contributed by atoms with Gasteiger partial charge in [0.15, 0.2) is 0 Å². The molecule has 2 aromatic carbocycles. The number of fused-ring (bicyclic) bond motifs is 1. The van der Waals surface area contributed by atoms with Crippen LogP contribution in [0, 0.1) is 17.8 Å². The molecule has 206 valence electrons. The molecule has 39 heavy (non-hydrogen) atoms. The fraction of sp³-hybridized carbons (Fsp3) is 0.515. The van der Waals surface area contributed by atoms with Gasteiger partial charge in [-0.15, -0.1) is 0 Å². The van der Waals surface area contributed by atoms with Crippen LogP contribution in [0.15, 0.2) is 59.1 Å². The summed E-state index contributed by atoms with van der Waals surface area (Å²) in [4.78, 5) is 24.3. The van der Waals surface area contributed by atoms with Crippen LogP contribution >= 0.6 is 15.9 Å². The number of methoxy groups -OCH3 is 1. The quantitative estimate of drug-likeness (QED) is 0.264. The number of hydrogen-bond donors (Lipinski definition) is 0. The molecule has 1 unspecified atom stereocenters. The number of amides is 1. The molecule has 6 heteroatoms. The van der Waals surface area contributed by atoms with Crippen LogP contribution in [-0.4, -0.2) is 53.0 Å². The van der Waals surface area contributed by atoms with Gasteiger partial charge in [0.05, 0.1) is 25.2 Å². The molecule has 7 rings (SSSR count). The number of ether oxygens (including phenoxy) is 1. The van der Waals surface area contributed by atoms with E-state index in [0.717, 1.165) is 76.6 Å². The van der Waals surface area contributed by atoms with Crippen molar-refractivity contribution < 1.29 is 9.53 Å². The van der Waals surface area contributed by atoms with Gasteiger partial charge >= 0.3 is 0 Å². The second-order valence-electron chi connectivity index (χ2n) is 12.1. The van der Waals surface area contributed by atoms with Gasteiger partial charge in [-0.3, -0.25) is 9.69 Å². The highest BCUT2D eigenvalue weighted by atomic mass is 79.9. The van der Waals surface area contributed by atoms with E-state index in [0.29, 0.717) is 12.4 Å². The van der Waals surface area contributed by atoms with Crippen molar-refractivity contribution in [3.63, 3.8) is 0 Å². The number of nitrogens with zero attached hydrogens (tertiary/aromatic N) is 3. The van der Waals surface area contributed by atoms with E-state index in [1.807, 2.05) is 12.1 Å². The number of pyridine rings is 1. The lowest BCUT2D eigenvalue weighted by molar-refractivity contribution is -0.156. The summed E-state index contributed by atoms with van der Waals surface area (Å²) in [7, 11) is 1.70. The van der Waals surface area contributed by atoms with Crippen molar-refractivity contribution in [3.8, 4) is 5.88 Å². The molecule has 4 bridgehead atoms. The number of benzene rings is 2. The first-order valence-electron chi connectivity index (χ1n) is 14.7. The highest BCUT2D eigenvalue weighted by Gasteiger charge is 2.56. The van der Waals surface area contributed by atoms with Crippen LogP contribution in [0.1, 0.15) is 69.5 Å². The van der Waals surface area contributed by atoms with Gasteiger partial charge in [0, 0.05) is 21.0 Å². The van der Waals surface area contributed by atoms with E-state index in [4.69, 9.17) is 9.72 Å². The molecule has 4 fully saturated rings. The average molecular weight is 591 g/mol. The van der Waals surface area contributed by atoms with Gasteiger partial charge in [0.25, 0.3) is 0 Å². The van der Waals surface area contributed by atoms with E-state index < -0.39 is 0 Å². The van der Waals surface area contributed by atoms with Gasteiger partial charge in [0.1, 0.15) is 0 Å². The van der Waals surface area contributed by atoms with E-state index in [2.05, 4.69) is 82.0 Å². The minimum Gasteiger partial charge on any atom is -0.481 e. The fourth-order valence-electron chi connectivity index (χ4n) is 8.37. The predicted molar refractivity (Wildman–Crippen MR) is 160 cm³/mol. The van der Waals surface area contributed by atoms with Gasteiger partial charge in [-0.1, -0.05) is 60.1 Å². The summed E-state index contributed by atoms with van der Waals surface area (Å²) in [6.07, 6.45) is 7.34. The standard InChI is InChI=1S/C33H40BrN3O2/c1-4-36(5-2)21-30(38)37(33-18-22-13-23(19-33)15-24(14-22)20-33)31(25-9-7-6-8-10-25)28-17-26-16-27(34)11-12-29(26)35-32(28)39-3/h6-12,16-17,22-24,31H,4-5,13-15,18-21H2,1-3H3. The largest absolute Gasteiger partial charge is 0.481 e. The molecule has 1 atom stereocenters. The second kappa shape index (κ2) is 10.9. The lowest BCUT2D eigenvalue weighted by atomic mass is 9.52. The summed E-state index contributed by atoms with van der Waals surface area (Å²) in [5.41, 5.74) is 2.85. The Morgan fingerprint density at radius 2 is 1.64 bits per heavy atom. The van der Waals surface area contributed by atoms with Crippen molar-refractivity contribution in [1.82, 2.24) is 14.8 Å². The summed E-state index contributed by atoms with van der Waals surface area (Å²) >= 11 is 3.65. The van der Waals surface area contributed by atoms with Crippen molar-refractivity contribution in [2.45, 2.75) is 64.0 Å². The molecule has 1 amide bonds. The highest BCUT2D eigenvalue weighted by molar-refractivity contribution is 9.10. The van der Waals surface area contributed by atoms with Crippen molar-refractivity contribution in [3.05, 3.63) is 70.2 Å². The maximum absolute atomic E-state index is 14.7. The Kier molecular flexibility index (Phi) is 7.45. The zero-order valence-corrected chi connectivity index (χ0v) is 25.0. The first-order chi connectivity index (χ1) is 18.9. The predicted octanol–water partition coefficient (Wildman–Crippen LogP) is 7.23. The zero-order chi connectivity index (χ0) is 27.1. The van der Waals surface area contributed by atoms with E-state index >= 15 is 0 Å². The molecule has 0 aliphatic heterocycles. The molecule has 4 aliphatic rings. The zero-order valence-electron chi connectivity index (χ0n) is 23.4. The molecule has 5 nitrogen and oxygen atoms in total. The minimum atomic E-state index is -0.267. The van der Waals surface area contributed by atoms with Crippen LogP contribution < -0.4 is 4.74 Å². The first kappa shape index (κ1) is 26.8. The Labute approximate surface area is 241 Å². The molecule has 4 aliphatic carbocycles. The smallest absolute Gasteiger partial charge is 0.237 e. The van der Waals surface area contributed by atoms with E-state index in [1.54, 1.807) is 7.11 Å². The van der Waals surface area contributed by atoms with Crippen LogP contribution in [0.4, 0.5) is 0 Å². The topological polar surface area (TPSA) is 45.7 Å². The molecule has 0 N–H and O–H groups in total. The van der Waals surface area contributed by atoms with E-state index in [-0.39, 0.29) is 17.5 Å². The summed E-state index contributed by atoms with van der Waals surface area (Å²) in [5.74, 6) is 3.01. The van der Waals surface area contributed by atoms with Gasteiger partial charge in [-0.2, -0.15) is 0 Å². The molecular formula is C33H40BrN3O2. The van der Waals surface area contributed by atoms with Gasteiger partial charge in [-0.05, 0) is 99.2 Å². The van der Waals surface area contributed by atoms with E-state index in [1.165, 1.54) is 19.3 Å². The molecule has 3 aromatic rings. The third-order valence-corrected chi connectivity index (χ3v) is 10.2. The van der Waals surface area contributed by atoms with Crippen LogP contribution in [0.25, 0.3) is 10.9 Å². The number of aromatic nitrogens is 1. The van der Waals surface area contributed by atoms with Crippen molar-refractivity contribution in [2.75, 3.05) is 26.7 Å². The lowest BCUT2D eigenvalue weighted by Gasteiger charge is -2.62. The SMILES string of the molecule is CCN(CC)CC(=O)N(C(c1ccccc1)c1cc2cc(Br)ccc2nc1OC)C12CC3CC(CC(C3)C1)C2. The molecule has 1 heterocycles. The normalized spacial score (nSPS) is 26.2. The molecule has 1 aromatic heterocycles. The second-order valence-corrected chi connectivity index (χ2v) is 13.0. The Hall–Kier alpha value is -2.44. The third kappa shape index (κ3) is 4.99. The van der Waals surface area contributed by atoms with Crippen molar-refractivity contribution >= 4 is 32.7 Å². The summed E-state index contributed by atoms with van der Waals surface area (Å²) < 4.78 is 7.00. The number of carbonyl (C=O) groups is 1. The Morgan fingerprint density at radius 1 is 1.00 bits per heavy atom. The fourth-order valence-corrected chi connectivity index (χ4v) is 8.74. The van der Waals surface area contributed by atoms with Crippen LogP contribution in [0.3, 0.4) is 0 Å². The lowest BCUT2D eigenvalue weighted by Crippen LogP contribution is -2.63. The van der Waals surface area contributed by atoms with Gasteiger partial charge < -0.3 is 9.64 Å².